The number of amides is 1. The van der Waals surface area contributed by atoms with Crippen LogP contribution in [0.4, 0.5) is 5.69 Å². The lowest BCUT2D eigenvalue weighted by molar-refractivity contribution is 0.00541. The zero-order valence-corrected chi connectivity index (χ0v) is 11.0. The molecule has 5 nitrogen and oxygen atoms in total. The van der Waals surface area contributed by atoms with E-state index >= 15 is 0 Å². The van der Waals surface area contributed by atoms with Gasteiger partial charge in [0.2, 0.25) is 0 Å². The molecule has 0 saturated carbocycles. The molecular formula is C13H20N2O3. The maximum Gasteiger partial charge on any atom is 0.252 e. The van der Waals surface area contributed by atoms with Gasteiger partial charge in [0.05, 0.1) is 17.8 Å². The number of rotatable bonds is 6. The molecule has 0 atom stereocenters. The number of benzene rings is 1. The smallest absolute Gasteiger partial charge is 0.252 e. The summed E-state index contributed by atoms with van der Waals surface area (Å²) in [7, 11) is 1.65. The number of nitrogen functional groups attached to an aromatic ring is 1. The summed E-state index contributed by atoms with van der Waals surface area (Å²) in [5.74, 6) is -0.105. The third kappa shape index (κ3) is 3.92. The molecule has 0 bridgehead atoms. The van der Waals surface area contributed by atoms with E-state index in [1.807, 2.05) is 13.8 Å². The molecule has 1 amide bonds. The van der Waals surface area contributed by atoms with E-state index in [1.165, 1.54) is 6.07 Å². The molecule has 0 aliphatic rings. The molecule has 0 heterocycles. The van der Waals surface area contributed by atoms with Crippen molar-refractivity contribution >= 4 is 11.6 Å². The summed E-state index contributed by atoms with van der Waals surface area (Å²) in [6.07, 6.45) is 0.700. The molecule has 0 aliphatic carbocycles. The number of hydrogen-bond donors (Lipinski definition) is 2. The van der Waals surface area contributed by atoms with Gasteiger partial charge in [0.25, 0.3) is 5.91 Å². The predicted molar refractivity (Wildman–Crippen MR) is 70.6 cm³/mol. The molecule has 0 unspecified atom stereocenters. The van der Waals surface area contributed by atoms with Crippen LogP contribution >= 0.6 is 0 Å². The number of primary amides is 1. The Balaban J connectivity index is 2.70. The first-order chi connectivity index (χ1) is 8.35. The highest BCUT2D eigenvalue weighted by atomic mass is 16.5. The van der Waals surface area contributed by atoms with Crippen molar-refractivity contribution in [2.45, 2.75) is 25.9 Å². The van der Waals surface area contributed by atoms with Crippen molar-refractivity contribution in [1.29, 1.82) is 0 Å². The van der Waals surface area contributed by atoms with Gasteiger partial charge < -0.3 is 20.9 Å². The Morgan fingerprint density at radius 2 is 2.06 bits per heavy atom. The third-order valence-electron chi connectivity index (χ3n) is 2.78. The van der Waals surface area contributed by atoms with Crippen molar-refractivity contribution in [3.8, 4) is 5.75 Å². The van der Waals surface area contributed by atoms with Crippen LogP contribution < -0.4 is 16.2 Å². The Kier molecular flexibility index (Phi) is 4.55. The van der Waals surface area contributed by atoms with Crippen molar-refractivity contribution in [3.05, 3.63) is 23.8 Å². The van der Waals surface area contributed by atoms with E-state index in [-0.39, 0.29) is 5.60 Å². The SMILES string of the molecule is COC(C)(C)CCOc1ccc(N)cc1C(N)=O. The van der Waals surface area contributed by atoms with Crippen molar-refractivity contribution in [2.24, 2.45) is 5.73 Å². The fraction of sp³-hybridized carbons (Fsp3) is 0.462. The highest BCUT2D eigenvalue weighted by molar-refractivity contribution is 5.96. The quantitative estimate of drug-likeness (QED) is 0.752. The minimum absolute atomic E-state index is 0.263. The van der Waals surface area contributed by atoms with Crippen molar-refractivity contribution in [3.63, 3.8) is 0 Å². The van der Waals surface area contributed by atoms with Gasteiger partial charge in [0, 0.05) is 19.2 Å². The number of ether oxygens (including phenoxy) is 2. The minimum atomic E-state index is -0.552. The summed E-state index contributed by atoms with van der Waals surface area (Å²) < 4.78 is 10.8. The molecule has 0 aromatic heterocycles. The van der Waals surface area contributed by atoms with E-state index in [1.54, 1.807) is 19.2 Å². The molecule has 4 N–H and O–H groups in total. The molecule has 0 radical (unpaired) electrons. The highest BCUT2D eigenvalue weighted by Crippen LogP contribution is 2.22. The lowest BCUT2D eigenvalue weighted by atomic mass is 10.1. The van der Waals surface area contributed by atoms with Gasteiger partial charge in [-0.05, 0) is 32.0 Å². The van der Waals surface area contributed by atoms with Crippen LogP contribution in [0.15, 0.2) is 18.2 Å². The second-order valence-corrected chi connectivity index (χ2v) is 4.68. The van der Waals surface area contributed by atoms with Crippen LogP contribution in [0.1, 0.15) is 30.6 Å². The molecule has 0 aliphatic heterocycles. The average molecular weight is 252 g/mol. The third-order valence-corrected chi connectivity index (χ3v) is 2.78. The molecule has 1 rings (SSSR count). The Morgan fingerprint density at radius 1 is 1.39 bits per heavy atom. The number of carbonyl (C=O) groups is 1. The summed E-state index contributed by atoms with van der Waals surface area (Å²) in [6, 6.07) is 4.83. The molecule has 0 spiro atoms. The summed E-state index contributed by atoms with van der Waals surface area (Å²) in [4.78, 5) is 11.3. The standard InChI is InChI=1S/C13H20N2O3/c1-13(2,17-3)6-7-18-11-5-4-9(14)8-10(11)12(15)16/h4-5,8H,6-7,14H2,1-3H3,(H2,15,16). The van der Waals surface area contributed by atoms with Gasteiger partial charge in [-0.25, -0.2) is 0 Å². The molecular weight excluding hydrogens is 232 g/mol. The molecule has 1 aromatic carbocycles. The van der Waals surface area contributed by atoms with Gasteiger partial charge in [-0.3, -0.25) is 4.79 Å². The fourth-order valence-electron chi connectivity index (χ4n) is 1.37. The monoisotopic (exact) mass is 252 g/mol. The van der Waals surface area contributed by atoms with Crippen molar-refractivity contribution in [1.82, 2.24) is 0 Å². The molecule has 0 fully saturated rings. The second kappa shape index (κ2) is 5.73. The zero-order chi connectivity index (χ0) is 13.8. The van der Waals surface area contributed by atoms with Crippen LogP contribution in [0, 0.1) is 0 Å². The van der Waals surface area contributed by atoms with Crippen molar-refractivity contribution in [2.75, 3.05) is 19.5 Å². The number of methoxy groups -OCH3 is 1. The fourth-order valence-corrected chi connectivity index (χ4v) is 1.37. The molecule has 100 valence electrons. The maximum atomic E-state index is 11.3. The first kappa shape index (κ1) is 14.3. The van der Waals surface area contributed by atoms with Crippen LogP contribution in [0.2, 0.25) is 0 Å². The second-order valence-electron chi connectivity index (χ2n) is 4.68. The largest absolute Gasteiger partial charge is 0.493 e. The van der Waals surface area contributed by atoms with Crippen LogP contribution in [-0.4, -0.2) is 25.2 Å². The summed E-state index contributed by atoms with van der Waals surface area (Å²) >= 11 is 0. The van der Waals surface area contributed by atoms with E-state index in [9.17, 15) is 4.79 Å². The Labute approximate surface area is 107 Å². The van der Waals surface area contributed by atoms with E-state index < -0.39 is 5.91 Å². The highest BCUT2D eigenvalue weighted by Gasteiger charge is 2.17. The molecule has 1 aromatic rings. The Bertz CT molecular complexity index is 430. The van der Waals surface area contributed by atoms with Crippen LogP contribution in [0.5, 0.6) is 5.75 Å². The first-order valence-electron chi connectivity index (χ1n) is 5.73. The maximum absolute atomic E-state index is 11.3. The van der Waals surface area contributed by atoms with E-state index in [2.05, 4.69) is 0 Å². The van der Waals surface area contributed by atoms with Crippen LogP contribution in [-0.2, 0) is 4.74 Å². The van der Waals surface area contributed by atoms with Crippen LogP contribution in [0.25, 0.3) is 0 Å². The van der Waals surface area contributed by atoms with Gasteiger partial charge in [0.1, 0.15) is 5.75 Å². The summed E-state index contributed by atoms with van der Waals surface area (Å²) in [5.41, 5.74) is 11.4. The minimum Gasteiger partial charge on any atom is -0.493 e. The van der Waals surface area contributed by atoms with Gasteiger partial charge in [0.15, 0.2) is 0 Å². The van der Waals surface area contributed by atoms with Gasteiger partial charge in [-0.2, -0.15) is 0 Å². The summed E-state index contributed by atoms with van der Waals surface area (Å²) in [6.45, 7) is 4.37. The topological polar surface area (TPSA) is 87.6 Å². The lowest BCUT2D eigenvalue weighted by Gasteiger charge is -2.22. The van der Waals surface area contributed by atoms with Crippen LogP contribution in [0.3, 0.4) is 0 Å². The van der Waals surface area contributed by atoms with Crippen molar-refractivity contribution < 1.29 is 14.3 Å². The number of hydrogen-bond acceptors (Lipinski definition) is 4. The van der Waals surface area contributed by atoms with E-state index in [4.69, 9.17) is 20.9 Å². The number of anilines is 1. The van der Waals surface area contributed by atoms with Gasteiger partial charge in [-0.1, -0.05) is 0 Å². The van der Waals surface area contributed by atoms with E-state index in [0.29, 0.717) is 30.0 Å². The first-order valence-corrected chi connectivity index (χ1v) is 5.73. The van der Waals surface area contributed by atoms with Gasteiger partial charge in [-0.15, -0.1) is 0 Å². The normalized spacial score (nSPS) is 11.3. The zero-order valence-electron chi connectivity index (χ0n) is 11.0. The molecule has 0 saturated heterocycles. The number of carbonyl (C=O) groups excluding carboxylic acids is 1. The molecule has 18 heavy (non-hydrogen) atoms. The lowest BCUT2D eigenvalue weighted by Crippen LogP contribution is -2.25. The number of nitrogens with two attached hydrogens (primary N) is 2. The Hall–Kier alpha value is -1.75. The van der Waals surface area contributed by atoms with Gasteiger partial charge >= 0.3 is 0 Å². The molecule has 5 heteroatoms. The average Bonchev–Trinajstić information content (AvgIpc) is 2.30. The predicted octanol–water partition coefficient (Wildman–Crippen LogP) is 1.56. The Morgan fingerprint density at radius 3 is 2.61 bits per heavy atom. The van der Waals surface area contributed by atoms with E-state index in [0.717, 1.165) is 0 Å². The summed E-state index contributed by atoms with van der Waals surface area (Å²) in [5, 5.41) is 0.